The molecule has 0 saturated heterocycles. The summed E-state index contributed by atoms with van der Waals surface area (Å²) in [6.07, 6.45) is 23.8. The van der Waals surface area contributed by atoms with Gasteiger partial charge in [-0.05, 0) is 250 Å². The van der Waals surface area contributed by atoms with Crippen molar-refractivity contribution >= 4 is 179 Å². The smallest absolute Gasteiger partial charge is 0.413 e. The van der Waals surface area contributed by atoms with Crippen LogP contribution >= 0.6 is 46.4 Å². The molecule has 138 heavy (non-hydrogen) atoms. The van der Waals surface area contributed by atoms with E-state index in [2.05, 4.69) is 151 Å². The maximum atomic E-state index is 12.4. The summed E-state index contributed by atoms with van der Waals surface area (Å²) in [7, 11) is 1.73. The minimum absolute atomic E-state index is 0.00176. The van der Waals surface area contributed by atoms with Crippen molar-refractivity contribution in [2.75, 3.05) is 45.6 Å². The molecule has 5 aliphatic carbocycles. The first kappa shape index (κ1) is 104. The average Bonchev–Trinajstić information content (AvgIpc) is 1.60. The highest BCUT2D eigenvalue weighted by atomic mass is 35.5. The van der Waals surface area contributed by atoms with Crippen LogP contribution in [-0.4, -0.2) is 141 Å². The Labute approximate surface area is 827 Å². The van der Waals surface area contributed by atoms with E-state index in [1.54, 1.807) is 37.6 Å². The summed E-state index contributed by atoms with van der Waals surface area (Å²) in [5.74, 6) is 4.23. The van der Waals surface area contributed by atoms with E-state index < -0.39 is 6.09 Å². The molecular formula is C102H135Cl4N25O7. The van der Waals surface area contributed by atoms with E-state index in [9.17, 15) is 24.0 Å². The van der Waals surface area contributed by atoms with Gasteiger partial charge in [0.15, 0.2) is 33.9 Å². The van der Waals surface area contributed by atoms with E-state index in [4.69, 9.17) is 65.8 Å². The number of nitrogens with zero attached hydrogens (tertiary/aromatic N) is 19. The first-order valence-electron chi connectivity index (χ1n) is 48.4. The zero-order valence-corrected chi connectivity index (χ0v) is 86.3. The Bertz CT molecular complexity index is 6480. The Hall–Kier alpha value is -11.3. The van der Waals surface area contributed by atoms with Gasteiger partial charge in [-0.15, -0.1) is 0 Å². The number of aryl methyl sites for hydroxylation is 3. The first-order chi connectivity index (χ1) is 65.4. The molecule has 738 valence electrons. The Balaban J connectivity index is 0.000000140. The van der Waals surface area contributed by atoms with E-state index >= 15 is 0 Å². The fourth-order valence-electron chi connectivity index (χ4n) is 16.4. The number of carbonyl (C=O) groups excluding carboxylic acids is 5. The van der Waals surface area contributed by atoms with Crippen LogP contribution in [0.3, 0.4) is 0 Å². The van der Waals surface area contributed by atoms with E-state index in [-0.39, 0.29) is 51.4 Å². The monoisotopic (exact) mass is 1960 g/mol. The Kier molecular flexibility index (Phi) is 34.2. The summed E-state index contributed by atoms with van der Waals surface area (Å²) in [6.45, 7) is 41.4. The molecule has 0 atom stereocenters. The molecule has 36 heteroatoms. The van der Waals surface area contributed by atoms with Gasteiger partial charge in [0.25, 0.3) is 0 Å². The molecule has 0 spiro atoms. The van der Waals surface area contributed by atoms with Crippen LogP contribution in [0, 0.1) is 48.9 Å². The molecule has 0 aromatic carbocycles. The van der Waals surface area contributed by atoms with E-state index in [0.29, 0.717) is 130 Å². The molecule has 5 aliphatic rings. The van der Waals surface area contributed by atoms with Crippen molar-refractivity contribution in [3.8, 4) is 5.69 Å². The van der Waals surface area contributed by atoms with Gasteiger partial charge >= 0.3 is 6.09 Å². The topological polar surface area (TPSA) is 373 Å². The zero-order valence-electron chi connectivity index (χ0n) is 83.2. The van der Waals surface area contributed by atoms with Crippen molar-refractivity contribution in [3.05, 3.63) is 141 Å². The number of hydrogen-bond donors (Lipinski definition) is 6. The number of anilines is 6. The summed E-state index contributed by atoms with van der Waals surface area (Å²) in [4.78, 5) is 120. The van der Waals surface area contributed by atoms with Crippen LogP contribution < -0.4 is 31.9 Å². The molecule has 13 aromatic rings. The summed E-state index contributed by atoms with van der Waals surface area (Å²) < 4.78 is 22.8. The molecule has 5 amide bonds. The molecule has 5 saturated carbocycles. The molecule has 32 nitrogen and oxygen atoms in total. The van der Waals surface area contributed by atoms with Crippen molar-refractivity contribution in [3.63, 3.8) is 0 Å². The Morgan fingerprint density at radius 3 is 1.07 bits per heavy atom. The third-order valence-electron chi connectivity index (χ3n) is 25.0. The second-order valence-corrected chi connectivity index (χ2v) is 43.0. The van der Waals surface area contributed by atoms with Crippen LogP contribution in [0.15, 0.2) is 103 Å². The van der Waals surface area contributed by atoms with Crippen molar-refractivity contribution in [2.45, 2.75) is 308 Å². The fourth-order valence-corrected chi connectivity index (χ4v) is 17.0. The van der Waals surface area contributed by atoms with Crippen molar-refractivity contribution in [1.29, 1.82) is 0 Å². The predicted octanol–water partition coefficient (Wildman–Crippen LogP) is 25.4. The van der Waals surface area contributed by atoms with Gasteiger partial charge < -0.3 is 14.8 Å². The minimum Gasteiger partial charge on any atom is -0.449 e. The van der Waals surface area contributed by atoms with Crippen LogP contribution in [0.1, 0.15) is 299 Å². The maximum absolute atomic E-state index is 12.4. The lowest BCUT2D eigenvalue weighted by atomic mass is 9.90. The number of carbonyl (C=O) groups is 5. The van der Waals surface area contributed by atoms with Gasteiger partial charge in [0, 0.05) is 92.2 Å². The van der Waals surface area contributed by atoms with Gasteiger partial charge in [-0.3, -0.25) is 78.1 Å². The second-order valence-electron chi connectivity index (χ2n) is 41.5. The lowest BCUT2D eigenvalue weighted by molar-refractivity contribution is -0.118. The molecule has 6 N–H and O–H groups in total. The predicted molar refractivity (Wildman–Crippen MR) is 551 cm³/mol. The number of imidazole rings is 6. The summed E-state index contributed by atoms with van der Waals surface area (Å²) >= 11 is 24.1. The Morgan fingerprint density at radius 2 is 0.725 bits per heavy atom. The van der Waals surface area contributed by atoms with Gasteiger partial charge in [0.1, 0.15) is 53.7 Å². The highest BCUT2D eigenvalue weighted by Crippen LogP contribution is 2.44. The number of methoxy groups -OCH3 is 1. The minimum atomic E-state index is -0.490. The van der Waals surface area contributed by atoms with E-state index in [1.165, 1.54) is 44.9 Å². The number of rotatable bonds is 26. The molecule has 0 bridgehead atoms. The molecule has 18 rings (SSSR count). The molecule has 0 radical (unpaired) electrons. The highest BCUT2D eigenvalue weighted by molar-refractivity contribution is 6.30. The number of amides is 5. The number of nitrogens with one attached hydrogen (secondary N) is 6. The number of hydrogen-bond acceptors (Lipinski definition) is 21. The third-order valence-corrected chi connectivity index (χ3v) is 25.9. The standard InChI is InChI=1S/C19H23N5O.C18H26N4O.2C17H23ClN4O.C16H21ClN4O.C15H19ClN4O2/c1-12-6-8-14(11-20-12)24-17-15(9-7-13(2)21-17)22-18(24)23-16(25)10-19(3,4)5;1-12-9-10-15-16(19-12)22(14-7-6-8-14)17(21-15)20-13(2)11-18(3,4)23-5;1-17(2,3)10-9-14(23)21-16-19-12-7-8-13(18)20-15(12)22(16)11-5-4-6-11;1-3-11(4-2)10-15(23)21-17-19-13-8-9-14(18)20-16(13)22(17)12-6-5-7-12;1-16(2,3)9-13(22)20-15-18-11-7-8-12(17)19-14(11)21(15)10-5-4-6-10;1-9(2)8-22-15(21)19-14-17-11-6-7-12(16)18-13(11)20(14)10-4-3-5-10/h6-9,11H,10H2,1-5H3,(H,22,23,25);9-10,14H,2,6-8,11H2,1,3-5H3,(H,20,21);7-8,11H,4-6,9-10H2,1-3H3,(H,19,21,23);8-9,11-12H,3-7,10H2,1-2H3,(H,19,21,23);7-8,10H,4-6,9H2,1-3H3,(H,18,20,22);6-7,9-10H,3-5,8H2,1-2H3,(H,17,19,21). The quantitative estimate of drug-likeness (QED) is 0.0274. The van der Waals surface area contributed by atoms with Crippen LogP contribution in [-0.2, 0) is 28.7 Å². The first-order valence-corrected chi connectivity index (χ1v) is 49.9. The van der Waals surface area contributed by atoms with Gasteiger partial charge in [-0.1, -0.05) is 156 Å². The van der Waals surface area contributed by atoms with Gasteiger partial charge in [-0.2, -0.15) is 0 Å². The molecule has 5 fully saturated rings. The van der Waals surface area contributed by atoms with Crippen LogP contribution in [0.4, 0.5) is 40.5 Å². The van der Waals surface area contributed by atoms with Gasteiger partial charge in [0.2, 0.25) is 59.3 Å². The lowest BCUT2D eigenvalue weighted by Gasteiger charge is -2.29. The molecule has 13 heterocycles. The van der Waals surface area contributed by atoms with Crippen molar-refractivity contribution in [2.24, 2.45) is 28.1 Å². The number of ether oxygens (including phenoxy) is 2. The fraction of sp³-hybridized carbons (Fsp3) is 0.529. The van der Waals surface area contributed by atoms with Crippen LogP contribution in [0.25, 0.3) is 72.7 Å². The second kappa shape index (κ2) is 45.3. The van der Waals surface area contributed by atoms with E-state index in [0.717, 1.165) is 167 Å². The zero-order chi connectivity index (χ0) is 99.4. The van der Waals surface area contributed by atoms with Gasteiger partial charge in [-0.25, -0.2) is 64.6 Å². The van der Waals surface area contributed by atoms with Gasteiger partial charge in [0.05, 0.1) is 24.1 Å². The van der Waals surface area contributed by atoms with Crippen LogP contribution in [0.5, 0.6) is 0 Å². The van der Waals surface area contributed by atoms with Crippen molar-refractivity contribution in [1.82, 2.24) is 92.2 Å². The molecule has 0 aliphatic heterocycles. The summed E-state index contributed by atoms with van der Waals surface area (Å²) in [5, 5.41) is 19.7. The summed E-state index contributed by atoms with van der Waals surface area (Å²) in [5.41, 5.74) is 13.7. The maximum Gasteiger partial charge on any atom is 0.413 e. The summed E-state index contributed by atoms with van der Waals surface area (Å²) in [6, 6.07) is 27.8. The molecular weight excluding hydrogens is 1830 g/mol. The van der Waals surface area contributed by atoms with Crippen molar-refractivity contribution < 1.29 is 33.4 Å². The average molecular weight is 1970 g/mol. The number of pyridine rings is 7. The largest absolute Gasteiger partial charge is 0.449 e. The number of halogens is 4. The molecule has 0 unspecified atom stereocenters. The molecule has 13 aromatic heterocycles. The number of fused-ring (bicyclic) bond motifs is 6. The SMILES string of the molecule is C=C(CC(C)(C)OC)Nc1nc2ccc(C)nc2n1C1CCC1.CC(C)(C)CC(=O)Nc1nc2ccc(Cl)nc2n1C1CCC1.CC(C)(C)CCC(=O)Nc1nc2ccc(Cl)nc2n1C1CCC1.CC(C)COC(=O)Nc1nc2ccc(Cl)nc2n1C1CCC1.CCC(CC)CC(=O)Nc1nc2ccc(Cl)nc2n1C1CCC1.Cc1ccc(-n2c(NC(=O)CC(C)(C)C)nc3ccc(C)nc32)cn1. The normalized spacial score (nSPS) is 14.8. The lowest BCUT2D eigenvalue weighted by Crippen LogP contribution is -2.25. The van der Waals surface area contributed by atoms with E-state index in [1.807, 2.05) is 155 Å². The number of aromatic nitrogens is 19. The highest BCUT2D eigenvalue weighted by Gasteiger charge is 2.34. The third kappa shape index (κ3) is 27.4. The van der Waals surface area contributed by atoms with Crippen LogP contribution in [0.2, 0.25) is 20.6 Å². The Morgan fingerprint density at radius 1 is 0.399 bits per heavy atom.